The van der Waals surface area contributed by atoms with Crippen LogP contribution < -0.4 is 10.6 Å². The second-order valence-electron chi connectivity index (χ2n) is 7.07. The predicted octanol–water partition coefficient (Wildman–Crippen LogP) is 5.70. The summed E-state index contributed by atoms with van der Waals surface area (Å²) in [6, 6.07) is 8.14. The van der Waals surface area contributed by atoms with Gasteiger partial charge in [-0.05, 0) is 43.5 Å². The number of hydrogen-bond donors (Lipinski definition) is 2. The number of unbranched alkanes of at least 4 members (excludes halogenated alkanes) is 7. The number of nitrogens with one attached hydrogen (secondary N) is 2. The van der Waals surface area contributed by atoms with Gasteiger partial charge in [-0.3, -0.25) is 5.32 Å². The summed E-state index contributed by atoms with van der Waals surface area (Å²) in [6.45, 7) is 3.94. The summed E-state index contributed by atoms with van der Waals surface area (Å²) in [5.41, 5.74) is 2.14. The lowest BCUT2D eigenvalue weighted by Gasteiger charge is -2.12. The quantitative estimate of drug-likeness (QED) is 0.482. The van der Waals surface area contributed by atoms with Gasteiger partial charge in [0.25, 0.3) is 0 Å². The highest BCUT2D eigenvalue weighted by molar-refractivity contribution is 5.85. The van der Waals surface area contributed by atoms with Gasteiger partial charge < -0.3 is 10.1 Å². The molecule has 0 radical (unpaired) electrons. The maximum Gasteiger partial charge on any atom is 0.411 e. The van der Waals surface area contributed by atoms with Crippen molar-refractivity contribution in [3.63, 3.8) is 0 Å². The predicted molar refractivity (Wildman–Crippen MR) is 111 cm³/mol. The lowest BCUT2D eigenvalue weighted by molar-refractivity contribution is 0.121. The fraction of sp³-hybridized carbons (Fsp3) is 0.667. The monoisotopic (exact) mass is 382 g/mol. The molecule has 0 bridgehead atoms. The average molecular weight is 383 g/mol. The Hall–Kier alpha value is -1.26. The van der Waals surface area contributed by atoms with Crippen LogP contribution in [0.3, 0.4) is 0 Å². The molecule has 2 N–H and O–H groups in total. The standard InChI is InChI=1S/C21H34N2O2.ClH/c1-2-3-4-5-6-7-8-9-10-18-11-13-19(14-12-18)23-21(24)25-20-15-16-22-17-20;/h11-14,20,22H,2-10,15-17H2,1H3,(H,23,24);1H/t20-;/m0./s1. The first kappa shape index (κ1) is 22.8. The molecule has 26 heavy (non-hydrogen) atoms. The second kappa shape index (κ2) is 13.9. The van der Waals surface area contributed by atoms with Gasteiger partial charge in [-0.15, -0.1) is 12.4 Å². The Balaban J connectivity index is 0.00000338. The molecular weight excluding hydrogens is 348 g/mol. The molecule has 148 valence electrons. The topological polar surface area (TPSA) is 50.4 Å². The van der Waals surface area contributed by atoms with E-state index < -0.39 is 0 Å². The summed E-state index contributed by atoms with van der Waals surface area (Å²) in [5, 5.41) is 5.99. The Labute approximate surface area is 164 Å². The molecule has 1 fully saturated rings. The van der Waals surface area contributed by atoms with Gasteiger partial charge in [-0.25, -0.2) is 4.79 Å². The lowest BCUT2D eigenvalue weighted by atomic mass is 10.0. The van der Waals surface area contributed by atoms with Gasteiger partial charge in [0.2, 0.25) is 0 Å². The van der Waals surface area contributed by atoms with Crippen molar-refractivity contribution >= 4 is 24.2 Å². The van der Waals surface area contributed by atoms with Crippen molar-refractivity contribution in [3.05, 3.63) is 29.8 Å². The molecule has 1 aromatic carbocycles. The molecule has 1 aliphatic heterocycles. The first-order valence-electron chi connectivity index (χ1n) is 10.0. The number of hydrogen-bond acceptors (Lipinski definition) is 3. The molecule has 0 unspecified atom stereocenters. The smallest absolute Gasteiger partial charge is 0.411 e. The highest BCUT2D eigenvalue weighted by Gasteiger charge is 2.18. The zero-order chi connectivity index (χ0) is 17.7. The number of amides is 1. The summed E-state index contributed by atoms with van der Waals surface area (Å²) in [4.78, 5) is 11.8. The highest BCUT2D eigenvalue weighted by Crippen LogP contribution is 2.15. The van der Waals surface area contributed by atoms with Crippen molar-refractivity contribution in [2.45, 2.75) is 77.2 Å². The van der Waals surface area contributed by atoms with Crippen LogP contribution in [0, 0.1) is 0 Å². The molecule has 4 nitrogen and oxygen atoms in total. The molecule has 5 heteroatoms. The van der Waals surface area contributed by atoms with E-state index in [9.17, 15) is 4.79 Å². The van der Waals surface area contributed by atoms with E-state index in [2.05, 4.69) is 29.7 Å². The molecule has 0 aliphatic carbocycles. The highest BCUT2D eigenvalue weighted by atomic mass is 35.5. The summed E-state index contributed by atoms with van der Waals surface area (Å²) in [7, 11) is 0. The van der Waals surface area contributed by atoms with E-state index in [1.807, 2.05) is 12.1 Å². The van der Waals surface area contributed by atoms with Gasteiger partial charge in [0, 0.05) is 12.2 Å². The summed E-state index contributed by atoms with van der Waals surface area (Å²) in [6.07, 6.45) is 12.4. The van der Waals surface area contributed by atoms with Gasteiger partial charge in [-0.2, -0.15) is 0 Å². The zero-order valence-corrected chi connectivity index (χ0v) is 16.9. The van der Waals surface area contributed by atoms with E-state index >= 15 is 0 Å². The van der Waals surface area contributed by atoms with Gasteiger partial charge in [0.1, 0.15) is 6.10 Å². The van der Waals surface area contributed by atoms with Crippen molar-refractivity contribution < 1.29 is 9.53 Å². The van der Waals surface area contributed by atoms with Gasteiger partial charge in [-0.1, -0.05) is 64.0 Å². The molecule has 0 aromatic heterocycles. The maximum absolute atomic E-state index is 11.8. The molecule has 1 heterocycles. The zero-order valence-electron chi connectivity index (χ0n) is 16.1. The van der Waals surface area contributed by atoms with Crippen LogP contribution in [0.5, 0.6) is 0 Å². The summed E-state index contributed by atoms with van der Waals surface area (Å²) < 4.78 is 5.36. The molecule has 0 saturated carbocycles. The number of carbonyl (C=O) groups is 1. The normalized spacial score (nSPS) is 16.1. The second-order valence-corrected chi connectivity index (χ2v) is 7.07. The Kier molecular flexibility index (Phi) is 12.2. The number of benzene rings is 1. The summed E-state index contributed by atoms with van der Waals surface area (Å²) >= 11 is 0. The van der Waals surface area contributed by atoms with Crippen LogP contribution in [-0.4, -0.2) is 25.3 Å². The van der Waals surface area contributed by atoms with E-state index in [-0.39, 0.29) is 24.6 Å². The van der Waals surface area contributed by atoms with Crippen LogP contribution in [0.2, 0.25) is 0 Å². The van der Waals surface area contributed by atoms with Gasteiger partial charge >= 0.3 is 6.09 Å². The van der Waals surface area contributed by atoms with Crippen LogP contribution in [-0.2, 0) is 11.2 Å². The number of carbonyl (C=O) groups excluding carboxylic acids is 1. The van der Waals surface area contributed by atoms with E-state index in [1.54, 1.807) is 0 Å². The Bertz CT molecular complexity index is 487. The number of rotatable bonds is 11. The van der Waals surface area contributed by atoms with Crippen LogP contribution in [0.1, 0.15) is 70.3 Å². The van der Waals surface area contributed by atoms with Crippen molar-refractivity contribution in [1.29, 1.82) is 0 Å². The number of ether oxygens (including phenoxy) is 1. The van der Waals surface area contributed by atoms with Crippen molar-refractivity contribution in [3.8, 4) is 0 Å². The number of aryl methyl sites for hydroxylation is 1. The first-order valence-corrected chi connectivity index (χ1v) is 10.0. The molecule has 0 spiro atoms. The largest absolute Gasteiger partial charge is 0.445 e. The minimum absolute atomic E-state index is 0. The molecule has 1 amide bonds. The number of halogens is 1. The fourth-order valence-corrected chi connectivity index (χ4v) is 3.25. The SMILES string of the molecule is CCCCCCCCCCc1ccc(NC(=O)O[C@H]2CCNC2)cc1.Cl. The molecular formula is C21H35ClN2O2. The third-order valence-corrected chi connectivity index (χ3v) is 4.81. The van der Waals surface area contributed by atoms with Crippen LogP contribution >= 0.6 is 12.4 Å². The Morgan fingerprint density at radius 3 is 2.35 bits per heavy atom. The fourth-order valence-electron chi connectivity index (χ4n) is 3.25. The van der Waals surface area contributed by atoms with Crippen LogP contribution in [0.4, 0.5) is 10.5 Å². The van der Waals surface area contributed by atoms with E-state index in [0.29, 0.717) is 0 Å². The molecule has 1 atom stereocenters. The number of anilines is 1. The van der Waals surface area contributed by atoms with Crippen molar-refractivity contribution in [2.75, 3.05) is 18.4 Å². The van der Waals surface area contributed by atoms with Crippen LogP contribution in [0.25, 0.3) is 0 Å². The third-order valence-electron chi connectivity index (χ3n) is 4.81. The minimum atomic E-state index is -0.357. The van der Waals surface area contributed by atoms with Gasteiger partial charge in [0.15, 0.2) is 0 Å². The van der Waals surface area contributed by atoms with Crippen LogP contribution in [0.15, 0.2) is 24.3 Å². The van der Waals surface area contributed by atoms with Crippen molar-refractivity contribution in [2.24, 2.45) is 0 Å². The average Bonchev–Trinajstić information content (AvgIpc) is 3.11. The molecule has 2 rings (SSSR count). The molecule has 1 saturated heterocycles. The molecule has 1 aromatic rings. The third kappa shape index (κ3) is 9.44. The Morgan fingerprint density at radius 1 is 1.08 bits per heavy atom. The lowest BCUT2D eigenvalue weighted by Crippen LogP contribution is -2.24. The van der Waals surface area contributed by atoms with Gasteiger partial charge in [0.05, 0.1) is 0 Å². The first-order chi connectivity index (χ1) is 12.3. The van der Waals surface area contributed by atoms with E-state index in [1.165, 1.54) is 56.9 Å². The summed E-state index contributed by atoms with van der Waals surface area (Å²) in [5.74, 6) is 0. The molecule has 1 aliphatic rings. The Morgan fingerprint density at radius 2 is 1.73 bits per heavy atom. The van der Waals surface area contributed by atoms with E-state index in [4.69, 9.17) is 4.74 Å². The van der Waals surface area contributed by atoms with E-state index in [0.717, 1.165) is 31.6 Å². The van der Waals surface area contributed by atoms with Crippen molar-refractivity contribution in [1.82, 2.24) is 5.32 Å². The minimum Gasteiger partial charge on any atom is -0.445 e. The maximum atomic E-state index is 11.8.